The number of rotatable bonds is 4. The van der Waals surface area contributed by atoms with E-state index < -0.39 is 16.8 Å². The van der Waals surface area contributed by atoms with Gasteiger partial charge < -0.3 is 5.11 Å². The molecule has 0 aliphatic carbocycles. The average Bonchev–Trinajstić information content (AvgIpc) is 2.72. The molecule has 0 fully saturated rings. The van der Waals surface area contributed by atoms with E-state index >= 15 is 0 Å². The smallest absolute Gasteiger partial charge is 0.339 e. The lowest BCUT2D eigenvalue weighted by atomic mass is 10.2. The summed E-state index contributed by atoms with van der Waals surface area (Å²) in [6.07, 6.45) is 1.28. The molecule has 0 aliphatic heterocycles. The zero-order valence-corrected chi connectivity index (χ0v) is 11.5. The summed E-state index contributed by atoms with van der Waals surface area (Å²) in [7, 11) is 0.365. The number of benzene rings is 1. The van der Waals surface area contributed by atoms with Gasteiger partial charge >= 0.3 is 5.97 Å². The topological polar surface area (TPSA) is 72.2 Å². The molecule has 2 rings (SSSR count). The summed E-state index contributed by atoms with van der Waals surface area (Å²) < 4.78 is 13.7. The van der Waals surface area contributed by atoms with E-state index in [1.54, 1.807) is 19.2 Å². The standard InChI is InChI=1S/C13H14N2O3S/c1-9-3-5-10(6-4-9)19(18)8-12-11(13(16)17)7-14-15(12)2/h3-7H,8H2,1-2H3,(H,16,17). The first-order valence-corrected chi connectivity index (χ1v) is 7.00. The number of aromatic nitrogens is 2. The highest BCUT2D eigenvalue weighted by Gasteiger charge is 2.17. The molecule has 0 radical (unpaired) electrons. The fourth-order valence-corrected chi connectivity index (χ4v) is 2.91. The molecule has 1 atom stereocenters. The van der Waals surface area contributed by atoms with Crippen molar-refractivity contribution in [3.05, 3.63) is 47.3 Å². The molecule has 0 saturated heterocycles. The van der Waals surface area contributed by atoms with E-state index in [0.29, 0.717) is 10.6 Å². The van der Waals surface area contributed by atoms with Crippen LogP contribution in [-0.2, 0) is 23.6 Å². The molecular formula is C13H14N2O3S. The van der Waals surface area contributed by atoms with E-state index in [9.17, 15) is 9.00 Å². The maximum Gasteiger partial charge on any atom is 0.339 e. The van der Waals surface area contributed by atoms with Crippen LogP contribution in [0.5, 0.6) is 0 Å². The van der Waals surface area contributed by atoms with Gasteiger partial charge in [0.25, 0.3) is 0 Å². The lowest BCUT2D eigenvalue weighted by Crippen LogP contribution is -2.08. The second-order valence-corrected chi connectivity index (χ2v) is 5.69. The molecule has 1 N–H and O–H groups in total. The Bertz CT molecular complexity index is 632. The van der Waals surface area contributed by atoms with Gasteiger partial charge in [-0.25, -0.2) is 4.79 Å². The molecule has 19 heavy (non-hydrogen) atoms. The van der Waals surface area contributed by atoms with Crippen LogP contribution < -0.4 is 0 Å². The molecule has 100 valence electrons. The normalized spacial score (nSPS) is 12.3. The maximum atomic E-state index is 12.2. The quantitative estimate of drug-likeness (QED) is 0.924. The molecule has 0 saturated carbocycles. The summed E-state index contributed by atoms with van der Waals surface area (Å²) in [6, 6.07) is 7.35. The first-order valence-electron chi connectivity index (χ1n) is 5.68. The largest absolute Gasteiger partial charge is 0.478 e. The third-order valence-corrected chi connectivity index (χ3v) is 4.18. The Morgan fingerprint density at radius 3 is 2.58 bits per heavy atom. The third kappa shape index (κ3) is 2.90. The Hall–Kier alpha value is -1.95. The van der Waals surface area contributed by atoms with Crippen LogP contribution in [0.3, 0.4) is 0 Å². The van der Waals surface area contributed by atoms with E-state index in [0.717, 1.165) is 5.56 Å². The molecule has 1 aromatic carbocycles. The van der Waals surface area contributed by atoms with E-state index in [4.69, 9.17) is 5.11 Å². The Morgan fingerprint density at radius 2 is 2.00 bits per heavy atom. The van der Waals surface area contributed by atoms with Crippen molar-refractivity contribution in [3.63, 3.8) is 0 Å². The van der Waals surface area contributed by atoms with Gasteiger partial charge in [0, 0.05) is 11.9 Å². The number of carbonyl (C=O) groups is 1. The highest BCUT2D eigenvalue weighted by atomic mass is 32.2. The first kappa shape index (κ1) is 13.5. The summed E-state index contributed by atoms with van der Waals surface area (Å²) in [6.45, 7) is 1.95. The SMILES string of the molecule is Cc1ccc(S(=O)Cc2c(C(=O)O)cnn2C)cc1. The zero-order chi connectivity index (χ0) is 14.0. The van der Waals surface area contributed by atoms with Crippen molar-refractivity contribution in [3.8, 4) is 0 Å². The highest BCUT2D eigenvalue weighted by Crippen LogP contribution is 2.16. The van der Waals surface area contributed by atoms with Crippen LogP contribution >= 0.6 is 0 Å². The van der Waals surface area contributed by atoms with Crippen LogP contribution in [0.15, 0.2) is 35.4 Å². The van der Waals surface area contributed by atoms with Crippen LogP contribution in [0.25, 0.3) is 0 Å². The molecule has 2 aromatic rings. The van der Waals surface area contributed by atoms with Crippen LogP contribution in [-0.4, -0.2) is 25.1 Å². The predicted octanol–water partition coefficient (Wildman–Crippen LogP) is 1.73. The second-order valence-electron chi connectivity index (χ2n) is 4.24. The molecule has 0 amide bonds. The Kier molecular flexibility index (Phi) is 3.80. The number of nitrogens with zero attached hydrogens (tertiary/aromatic N) is 2. The van der Waals surface area contributed by atoms with E-state index in [-0.39, 0.29) is 11.3 Å². The molecule has 6 heteroatoms. The van der Waals surface area contributed by atoms with Crippen molar-refractivity contribution >= 4 is 16.8 Å². The molecule has 0 spiro atoms. The summed E-state index contributed by atoms with van der Waals surface area (Å²) >= 11 is 0. The Morgan fingerprint density at radius 1 is 1.37 bits per heavy atom. The summed E-state index contributed by atoms with van der Waals surface area (Å²) in [5, 5.41) is 12.9. The highest BCUT2D eigenvalue weighted by molar-refractivity contribution is 7.84. The molecule has 0 aliphatic rings. The maximum absolute atomic E-state index is 12.2. The number of hydrogen-bond donors (Lipinski definition) is 1. The van der Waals surface area contributed by atoms with Crippen molar-refractivity contribution < 1.29 is 14.1 Å². The summed E-state index contributed by atoms with van der Waals surface area (Å²) in [4.78, 5) is 11.7. The number of hydrogen-bond acceptors (Lipinski definition) is 3. The van der Waals surface area contributed by atoms with E-state index in [2.05, 4.69) is 5.10 Å². The van der Waals surface area contributed by atoms with Crippen LogP contribution in [0.4, 0.5) is 0 Å². The monoisotopic (exact) mass is 278 g/mol. The van der Waals surface area contributed by atoms with Gasteiger partial charge in [0.2, 0.25) is 0 Å². The van der Waals surface area contributed by atoms with Gasteiger partial charge in [-0.3, -0.25) is 8.89 Å². The predicted molar refractivity (Wildman–Crippen MR) is 71.5 cm³/mol. The van der Waals surface area contributed by atoms with Gasteiger partial charge in [0.1, 0.15) is 5.56 Å². The molecular weight excluding hydrogens is 264 g/mol. The Labute approximate surface area is 113 Å². The second kappa shape index (κ2) is 5.36. The van der Waals surface area contributed by atoms with Gasteiger partial charge in [-0.05, 0) is 19.1 Å². The molecule has 1 aromatic heterocycles. The van der Waals surface area contributed by atoms with Crippen LogP contribution in [0.1, 0.15) is 21.6 Å². The van der Waals surface area contributed by atoms with Crippen molar-refractivity contribution in [2.45, 2.75) is 17.6 Å². The van der Waals surface area contributed by atoms with Crippen molar-refractivity contribution in [1.82, 2.24) is 9.78 Å². The van der Waals surface area contributed by atoms with E-state index in [1.807, 2.05) is 19.1 Å². The van der Waals surface area contributed by atoms with Crippen LogP contribution in [0.2, 0.25) is 0 Å². The van der Waals surface area contributed by atoms with Gasteiger partial charge in [-0.15, -0.1) is 0 Å². The molecule has 0 bridgehead atoms. The van der Waals surface area contributed by atoms with Gasteiger partial charge in [-0.1, -0.05) is 17.7 Å². The third-order valence-electron chi connectivity index (χ3n) is 2.84. The minimum absolute atomic E-state index is 0.1000. The number of carboxylic acid groups (broad SMARTS) is 1. The fraction of sp³-hybridized carbons (Fsp3) is 0.231. The number of aromatic carboxylic acids is 1. The van der Waals surface area contributed by atoms with Gasteiger partial charge in [0.15, 0.2) is 0 Å². The first-order chi connectivity index (χ1) is 8.99. The lowest BCUT2D eigenvalue weighted by molar-refractivity contribution is 0.0696. The number of carboxylic acids is 1. The van der Waals surface area contributed by atoms with Crippen molar-refractivity contribution in [2.24, 2.45) is 7.05 Å². The molecule has 1 unspecified atom stereocenters. The van der Waals surface area contributed by atoms with Crippen molar-refractivity contribution in [2.75, 3.05) is 0 Å². The molecule has 1 heterocycles. The van der Waals surface area contributed by atoms with Crippen molar-refractivity contribution in [1.29, 1.82) is 0 Å². The minimum atomic E-state index is -1.28. The number of aryl methyl sites for hydroxylation is 2. The Balaban J connectivity index is 2.26. The average molecular weight is 278 g/mol. The van der Waals surface area contributed by atoms with Crippen LogP contribution in [0, 0.1) is 6.92 Å². The zero-order valence-electron chi connectivity index (χ0n) is 10.7. The minimum Gasteiger partial charge on any atom is -0.478 e. The molecule has 5 nitrogen and oxygen atoms in total. The van der Waals surface area contributed by atoms with E-state index in [1.165, 1.54) is 10.9 Å². The lowest BCUT2D eigenvalue weighted by Gasteiger charge is -2.05. The van der Waals surface area contributed by atoms with Gasteiger partial charge in [-0.2, -0.15) is 5.10 Å². The summed E-state index contributed by atoms with van der Waals surface area (Å²) in [5.74, 6) is -0.912. The van der Waals surface area contributed by atoms with Gasteiger partial charge in [0.05, 0.1) is 28.4 Å². The fourth-order valence-electron chi connectivity index (χ4n) is 1.71. The summed E-state index contributed by atoms with van der Waals surface area (Å²) in [5.41, 5.74) is 1.65.